The fraction of sp³-hybridized carbons (Fsp3) is 0.929. The van der Waals surface area contributed by atoms with Gasteiger partial charge in [-0.15, -0.1) is 0 Å². The van der Waals surface area contributed by atoms with Gasteiger partial charge in [-0.1, -0.05) is 6.92 Å². The molecule has 0 saturated carbocycles. The van der Waals surface area contributed by atoms with E-state index >= 15 is 0 Å². The van der Waals surface area contributed by atoms with Crippen LogP contribution in [-0.4, -0.2) is 41.8 Å². The third-order valence-corrected chi connectivity index (χ3v) is 4.16. The molecule has 0 aliphatic carbocycles. The van der Waals surface area contributed by atoms with Gasteiger partial charge in [0.05, 0.1) is 6.04 Å². The highest BCUT2D eigenvalue weighted by Crippen LogP contribution is 2.42. The molecule has 0 aromatic rings. The van der Waals surface area contributed by atoms with Crippen LogP contribution in [0, 0.1) is 5.41 Å². The Kier molecular flexibility index (Phi) is 3.34. The van der Waals surface area contributed by atoms with Crippen molar-refractivity contribution in [1.82, 2.24) is 10.2 Å². The first kappa shape index (κ1) is 13.7. The average molecular weight is 254 g/mol. The zero-order valence-electron chi connectivity index (χ0n) is 12.2. The van der Waals surface area contributed by atoms with Crippen molar-refractivity contribution in [3.05, 3.63) is 0 Å². The van der Waals surface area contributed by atoms with Gasteiger partial charge in [-0.25, -0.2) is 4.79 Å². The Labute approximate surface area is 110 Å². The van der Waals surface area contributed by atoms with Crippen molar-refractivity contribution in [2.24, 2.45) is 5.41 Å². The lowest BCUT2D eigenvalue weighted by molar-refractivity contribution is 0.0121. The molecule has 4 nitrogen and oxygen atoms in total. The van der Waals surface area contributed by atoms with Crippen molar-refractivity contribution in [2.75, 3.05) is 13.1 Å². The maximum absolute atomic E-state index is 12.2. The van der Waals surface area contributed by atoms with Crippen molar-refractivity contribution in [3.8, 4) is 0 Å². The van der Waals surface area contributed by atoms with Crippen LogP contribution in [0.5, 0.6) is 0 Å². The number of nitrogens with zero attached hydrogens (tertiary/aromatic N) is 1. The maximum Gasteiger partial charge on any atom is 0.410 e. The number of nitrogens with one attached hydrogen (secondary N) is 1. The van der Waals surface area contributed by atoms with Gasteiger partial charge in [0.1, 0.15) is 5.60 Å². The van der Waals surface area contributed by atoms with E-state index in [2.05, 4.69) is 19.2 Å². The van der Waals surface area contributed by atoms with Crippen LogP contribution in [0.3, 0.4) is 0 Å². The molecule has 2 aliphatic rings. The van der Waals surface area contributed by atoms with Crippen molar-refractivity contribution in [2.45, 2.75) is 65.1 Å². The van der Waals surface area contributed by atoms with Crippen LogP contribution in [0.15, 0.2) is 0 Å². The minimum Gasteiger partial charge on any atom is -0.444 e. The third kappa shape index (κ3) is 2.63. The molecule has 0 aromatic heterocycles. The zero-order valence-corrected chi connectivity index (χ0v) is 12.2. The number of hydrogen-bond donors (Lipinski definition) is 1. The van der Waals surface area contributed by atoms with Crippen molar-refractivity contribution >= 4 is 6.09 Å². The molecule has 18 heavy (non-hydrogen) atoms. The molecule has 2 aliphatic heterocycles. The second kappa shape index (κ2) is 4.41. The topological polar surface area (TPSA) is 41.6 Å². The standard InChI is InChI=1S/C14H26N2O2/c1-10-8-14(5)6-7-16(11(14)9-15-10)12(17)18-13(2,3)4/h10-11,15H,6-9H2,1-5H3. The van der Waals surface area contributed by atoms with E-state index in [-0.39, 0.29) is 17.6 Å². The lowest BCUT2D eigenvalue weighted by Gasteiger charge is -2.42. The first-order chi connectivity index (χ1) is 8.21. The number of fused-ring (bicyclic) bond motifs is 1. The number of amides is 1. The third-order valence-electron chi connectivity index (χ3n) is 4.16. The quantitative estimate of drug-likeness (QED) is 0.721. The van der Waals surface area contributed by atoms with E-state index in [1.165, 1.54) is 0 Å². The van der Waals surface area contributed by atoms with Gasteiger partial charge in [0.15, 0.2) is 0 Å². The molecule has 104 valence electrons. The van der Waals surface area contributed by atoms with Gasteiger partial charge in [-0.3, -0.25) is 0 Å². The fourth-order valence-corrected chi connectivity index (χ4v) is 3.29. The van der Waals surface area contributed by atoms with Crippen LogP contribution in [0.2, 0.25) is 0 Å². The number of carbonyl (C=O) groups is 1. The van der Waals surface area contributed by atoms with Crippen LogP contribution in [-0.2, 0) is 4.74 Å². The summed E-state index contributed by atoms with van der Waals surface area (Å²) in [6.45, 7) is 12.0. The van der Waals surface area contributed by atoms with Gasteiger partial charge in [0.25, 0.3) is 0 Å². The largest absolute Gasteiger partial charge is 0.444 e. The minimum atomic E-state index is -0.411. The van der Waals surface area contributed by atoms with Crippen molar-refractivity contribution in [1.29, 1.82) is 0 Å². The molecule has 2 saturated heterocycles. The Hall–Kier alpha value is -0.770. The Morgan fingerprint density at radius 1 is 1.44 bits per heavy atom. The second-order valence-corrected chi connectivity index (χ2v) is 7.11. The maximum atomic E-state index is 12.2. The van der Waals surface area contributed by atoms with Crippen LogP contribution < -0.4 is 5.32 Å². The highest BCUT2D eigenvalue weighted by Gasteiger charge is 2.49. The summed E-state index contributed by atoms with van der Waals surface area (Å²) in [7, 11) is 0. The minimum absolute atomic E-state index is 0.160. The fourth-order valence-electron chi connectivity index (χ4n) is 3.29. The summed E-state index contributed by atoms with van der Waals surface area (Å²) in [6, 6.07) is 0.827. The Balaban J connectivity index is 2.06. The summed E-state index contributed by atoms with van der Waals surface area (Å²) < 4.78 is 5.50. The number of hydrogen-bond acceptors (Lipinski definition) is 3. The predicted molar refractivity (Wildman–Crippen MR) is 71.5 cm³/mol. The molecule has 0 aromatic carbocycles. The summed E-state index contributed by atoms with van der Waals surface area (Å²) in [5, 5.41) is 3.48. The Morgan fingerprint density at radius 2 is 2.11 bits per heavy atom. The Bertz CT molecular complexity index is 337. The Morgan fingerprint density at radius 3 is 2.72 bits per heavy atom. The average Bonchev–Trinajstić information content (AvgIpc) is 2.51. The van der Waals surface area contributed by atoms with Gasteiger partial charge < -0.3 is 15.0 Å². The highest BCUT2D eigenvalue weighted by molar-refractivity contribution is 5.69. The summed E-state index contributed by atoms with van der Waals surface area (Å²) in [4.78, 5) is 14.1. The SMILES string of the molecule is CC1CC2(C)CCN(C(=O)OC(C)(C)C)C2CN1. The summed E-state index contributed by atoms with van der Waals surface area (Å²) in [5.41, 5.74) is -0.160. The van der Waals surface area contributed by atoms with Gasteiger partial charge in [0.2, 0.25) is 0 Å². The van der Waals surface area contributed by atoms with E-state index in [4.69, 9.17) is 4.74 Å². The summed E-state index contributed by atoms with van der Waals surface area (Å²) in [5.74, 6) is 0. The number of carbonyl (C=O) groups excluding carboxylic acids is 1. The molecule has 4 heteroatoms. The van der Waals surface area contributed by atoms with Crippen LogP contribution >= 0.6 is 0 Å². The molecule has 0 bridgehead atoms. The zero-order chi connectivity index (χ0) is 13.6. The second-order valence-electron chi connectivity index (χ2n) is 7.11. The first-order valence-electron chi connectivity index (χ1n) is 6.94. The molecule has 0 spiro atoms. The molecule has 0 radical (unpaired) electrons. The smallest absolute Gasteiger partial charge is 0.410 e. The molecule has 2 heterocycles. The lowest BCUT2D eigenvalue weighted by Crippen LogP contribution is -2.55. The highest BCUT2D eigenvalue weighted by atomic mass is 16.6. The van der Waals surface area contributed by atoms with E-state index in [1.807, 2.05) is 25.7 Å². The van der Waals surface area contributed by atoms with E-state index < -0.39 is 5.60 Å². The van der Waals surface area contributed by atoms with E-state index in [0.717, 1.165) is 25.9 Å². The summed E-state index contributed by atoms with van der Waals surface area (Å²) in [6.07, 6.45) is 2.06. The van der Waals surface area contributed by atoms with Gasteiger partial charge >= 0.3 is 6.09 Å². The van der Waals surface area contributed by atoms with Crippen molar-refractivity contribution in [3.63, 3.8) is 0 Å². The predicted octanol–water partition coefficient (Wildman–Crippen LogP) is 2.38. The van der Waals surface area contributed by atoms with Crippen LogP contribution in [0.25, 0.3) is 0 Å². The van der Waals surface area contributed by atoms with Gasteiger partial charge in [-0.05, 0) is 46.0 Å². The number of piperidine rings is 1. The molecule has 2 fully saturated rings. The molecule has 1 amide bonds. The van der Waals surface area contributed by atoms with Gasteiger partial charge in [0, 0.05) is 19.1 Å². The molecule has 3 atom stereocenters. The van der Waals surface area contributed by atoms with E-state index in [9.17, 15) is 4.79 Å². The normalized spacial score (nSPS) is 36.4. The molecule has 3 unspecified atom stereocenters. The number of ether oxygens (including phenoxy) is 1. The first-order valence-corrected chi connectivity index (χ1v) is 6.94. The lowest BCUT2D eigenvalue weighted by atomic mass is 9.74. The molecule has 1 N–H and O–H groups in total. The monoisotopic (exact) mass is 254 g/mol. The van der Waals surface area contributed by atoms with E-state index in [1.54, 1.807) is 0 Å². The molecular formula is C14H26N2O2. The summed E-state index contributed by atoms with van der Waals surface area (Å²) >= 11 is 0. The van der Waals surface area contributed by atoms with Crippen LogP contribution in [0.4, 0.5) is 4.79 Å². The molecule has 2 rings (SSSR count). The van der Waals surface area contributed by atoms with Crippen LogP contribution in [0.1, 0.15) is 47.5 Å². The van der Waals surface area contributed by atoms with E-state index in [0.29, 0.717) is 6.04 Å². The number of likely N-dealkylation sites (tertiary alicyclic amines) is 1. The molecular weight excluding hydrogens is 228 g/mol. The number of rotatable bonds is 0. The van der Waals surface area contributed by atoms with Crippen molar-refractivity contribution < 1.29 is 9.53 Å². The van der Waals surface area contributed by atoms with Gasteiger partial charge in [-0.2, -0.15) is 0 Å².